The molecule has 2 N–H and O–H groups in total. The van der Waals surface area contributed by atoms with E-state index >= 15 is 4.39 Å². The van der Waals surface area contributed by atoms with Crippen LogP contribution in [0.4, 0.5) is 4.39 Å². The van der Waals surface area contributed by atoms with E-state index in [4.69, 9.17) is 4.98 Å². The third-order valence-corrected chi connectivity index (χ3v) is 7.11. The molecule has 1 aliphatic heterocycles. The highest BCUT2D eigenvalue weighted by atomic mass is 19.1. The highest BCUT2D eigenvalue weighted by Crippen LogP contribution is 2.34. The molecule has 0 bridgehead atoms. The molecule has 0 aliphatic carbocycles. The van der Waals surface area contributed by atoms with Crippen LogP contribution in [0.1, 0.15) is 57.8 Å². The van der Waals surface area contributed by atoms with Crippen LogP contribution in [-0.4, -0.2) is 54.4 Å². The summed E-state index contributed by atoms with van der Waals surface area (Å²) < 4.78 is 17.2. The summed E-state index contributed by atoms with van der Waals surface area (Å²) in [6, 6.07) is 3.80. The average molecular weight is 477 g/mol. The first-order valence-corrected chi connectivity index (χ1v) is 12.4. The maximum Gasteiger partial charge on any atom is 0.137 e. The molecule has 0 saturated carbocycles. The second-order valence-corrected chi connectivity index (χ2v) is 9.92. The highest BCUT2D eigenvalue weighted by molar-refractivity contribution is 5.95. The van der Waals surface area contributed by atoms with Crippen molar-refractivity contribution in [2.24, 2.45) is 0 Å². The number of aromatic amines is 1. The van der Waals surface area contributed by atoms with Gasteiger partial charge in [-0.05, 0) is 45.7 Å². The van der Waals surface area contributed by atoms with Crippen LogP contribution < -0.4 is 0 Å². The number of likely N-dealkylation sites (tertiary alicyclic amines) is 1. The van der Waals surface area contributed by atoms with Gasteiger partial charge in [0.15, 0.2) is 0 Å². The Bertz CT molecular complexity index is 1340. The standard InChI is InChI=1S/C27H33FN6O/c1-5-23-25(27(3,4)35)22(28)12-24(32-23)17-11-20-21(15-30-26(20)29-13-17)18-14-31-34(16-18)19-7-9-33(6-2)10-8-19/h11-16,19,35H,5-10H2,1-4H3,(H,29,30). The van der Waals surface area contributed by atoms with Gasteiger partial charge in [-0.3, -0.25) is 9.67 Å². The highest BCUT2D eigenvalue weighted by Gasteiger charge is 2.26. The molecule has 0 atom stereocenters. The molecule has 184 valence electrons. The van der Waals surface area contributed by atoms with Crippen LogP contribution in [0.15, 0.2) is 36.9 Å². The number of fused-ring (bicyclic) bond motifs is 1. The van der Waals surface area contributed by atoms with Crippen LogP contribution in [0.2, 0.25) is 0 Å². The fourth-order valence-electron chi connectivity index (χ4n) is 5.17. The molecule has 0 aromatic carbocycles. The van der Waals surface area contributed by atoms with Gasteiger partial charge in [0.25, 0.3) is 0 Å². The second kappa shape index (κ2) is 9.17. The molecule has 4 aromatic rings. The quantitative estimate of drug-likeness (QED) is 0.406. The maximum absolute atomic E-state index is 15.1. The number of H-pyrrole nitrogens is 1. The lowest BCUT2D eigenvalue weighted by Gasteiger charge is -2.31. The fraction of sp³-hybridized carbons (Fsp3) is 0.444. The molecule has 4 aromatic heterocycles. The first kappa shape index (κ1) is 23.6. The summed E-state index contributed by atoms with van der Waals surface area (Å²) in [5.74, 6) is -0.455. The van der Waals surface area contributed by atoms with E-state index in [9.17, 15) is 5.11 Å². The van der Waals surface area contributed by atoms with Crippen molar-refractivity contribution in [2.45, 2.75) is 58.6 Å². The van der Waals surface area contributed by atoms with Gasteiger partial charge >= 0.3 is 0 Å². The molecule has 0 amide bonds. The van der Waals surface area contributed by atoms with Gasteiger partial charge in [0, 0.05) is 71.1 Å². The summed E-state index contributed by atoms with van der Waals surface area (Å²) in [4.78, 5) is 15.0. The minimum atomic E-state index is -1.30. The van der Waals surface area contributed by atoms with Gasteiger partial charge in [0.05, 0.1) is 23.5 Å². The van der Waals surface area contributed by atoms with E-state index in [-0.39, 0.29) is 5.56 Å². The predicted molar refractivity (Wildman–Crippen MR) is 136 cm³/mol. The number of nitrogens with one attached hydrogen (secondary N) is 1. The van der Waals surface area contributed by atoms with E-state index in [2.05, 4.69) is 37.8 Å². The van der Waals surface area contributed by atoms with Crippen LogP contribution in [0.3, 0.4) is 0 Å². The molecule has 5 rings (SSSR count). The normalized spacial score (nSPS) is 15.8. The van der Waals surface area contributed by atoms with Gasteiger partial charge in [0.2, 0.25) is 0 Å². The first-order chi connectivity index (χ1) is 16.8. The van der Waals surface area contributed by atoms with E-state index in [0.29, 0.717) is 23.9 Å². The van der Waals surface area contributed by atoms with Crippen molar-refractivity contribution in [1.29, 1.82) is 0 Å². The lowest BCUT2D eigenvalue weighted by Crippen LogP contribution is -2.34. The summed E-state index contributed by atoms with van der Waals surface area (Å²) in [6.07, 6.45) is 10.4. The number of aromatic nitrogens is 5. The van der Waals surface area contributed by atoms with Crippen molar-refractivity contribution in [1.82, 2.24) is 29.6 Å². The van der Waals surface area contributed by atoms with E-state index in [1.807, 2.05) is 25.4 Å². The van der Waals surface area contributed by atoms with Gasteiger partial charge in [-0.25, -0.2) is 9.37 Å². The summed E-state index contributed by atoms with van der Waals surface area (Å²) in [7, 11) is 0. The Morgan fingerprint density at radius 1 is 1.14 bits per heavy atom. The summed E-state index contributed by atoms with van der Waals surface area (Å²) in [6.45, 7) is 10.6. The molecule has 1 aliphatic rings. The zero-order valence-electron chi connectivity index (χ0n) is 20.8. The second-order valence-electron chi connectivity index (χ2n) is 9.92. The average Bonchev–Trinajstić information content (AvgIpc) is 3.49. The molecule has 35 heavy (non-hydrogen) atoms. The zero-order chi connectivity index (χ0) is 24.7. The largest absolute Gasteiger partial charge is 0.386 e. The molecule has 8 heteroatoms. The molecule has 0 radical (unpaired) electrons. The third-order valence-electron chi connectivity index (χ3n) is 7.11. The Morgan fingerprint density at radius 3 is 2.60 bits per heavy atom. The molecule has 0 unspecified atom stereocenters. The molecular formula is C27H33FN6O. The number of halogens is 1. The van der Waals surface area contributed by atoms with Crippen LogP contribution >= 0.6 is 0 Å². The van der Waals surface area contributed by atoms with Gasteiger partial charge in [0.1, 0.15) is 11.5 Å². The molecule has 1 fully saturated rings. The number of aliphatic hydroxyl groups is 1. The van der Waals surface area contributed by atoms with E-state index < -0.39 is 11.4 Å². The molecule has 1 saturated heterocycles. The van der Waals surface area contributed by atoms with E-state index in [1.54, 1.807) is 20.0 Å². The Kier molecular flexibility index (Phi) is 6.19. The smallest absolute Gasteiger partial charge is 0.137 e. The number of rotatable bonds is 6. The van der Waals surface area contributed by atoms with Gasteiger partial charge in [-0.15, -0.1) is 0 Å². The first-order valence-electron chi connectivity index (χ1n) is 12.4. The SMILES string of the molecule is CCc1nc(-c2cnc3[nH]cc(-c4cnn(C5CCN(CC)CC5)c4)c3c2)cc(F)c1C(C)(C)O. The fourth-order valence-corrected chi connectivity index (χ4v) is 5.17. The van der Waals surface area contributed by atoms with Crippen molar-refractivity contribution in [3.05, 3.63) is 54.0 Å². The zero-order valence-corrected chi connectivity index (χ0v) is 20.8. The van der Waals surface area contributed by atoms with Crippen molar-refractivity contribution in [2.75, 3.05) is 19.6 Å². The van der Waals surface area contributed by atoms with Crippen molar-refractivity contribution >= 4 is 11.0 Å². The number of hydrogen-bond donors (Lipinski definition) is 2. The predicted octanol–water partition coefficient (Wildman–Crippen LogP) is 5.07. The number of aryl methyl sites for hydroxylation is 1. The number of pyridine rings is 2. The summed E-state index contributed by atoms with van der Waals surface area (Å²) >= 11 is 0. The third kappa shape index (κ3) is 4.48. The van der Waals surface area contributed by atoms with Crippen LogP contribution in [0.25, 0.3) is 33.4 Å². The minimum absolute atomic E-state index is 0.248. The maximum atomic E-state index is 15.1. The lowest BCUT2D eigenvalue weighted by molar-refractivity contribution is 0.0730. The topological polar surface area (TPSA) is 82.9 Å². The van der Waals surface area contributed by atoms with Crippen molar-refractivity contribution < 1.29 is 9.50 Å². The van der Waals surface area contributed by atoms with Crippen LogP contribution in [-0.2, 0) is 12.0 Å². The van der Waals surface area contributed by atoms with Crippen LogP contribution in [0, 0.1) is 5.82 Å². The molecule has 5 heterocycles. The van der Waals surface area contributed by atoms with Crippen LogP contribution in [0.5, 0.6) is 0 Å². The van der Waals surface area contributed by atoms with Gasteiger partial charge in [-0.1, -0.05) is 13.8 Å². The van der Waals surface area contributed by atoms with Gasteiger partial charge in [-0.2, -0.15) is 5.10 Å². The number of hydrogen-bond acceptors (Lipinski definition) is 5. The molecular weight excluding hydrogens is 443 g/mol. The molecule has 0 spiro atoms. The molecule has 7 nitrogen and oxygen atoms in total. The van der Waals surface area contributed by atoms with E-state index in [0.717, 1.165) is 60.2 Å². The van der Waals surface area contributed by atoms with Crippen molar-refractivity contribution in [3.63, 3.8) is 0 Å². The summed E-state index contributed by atoms with van der Waals surface area (Å²) in [5, 5.41) is 16.1. The Balaban J connectivity index is 1.49. The van der Waals surface area contributed by atoms with Crippen molar-refractivity contribution in [3.8, 4) is 22.4 Å². The lowest BCUT2D eigenvalue weighted by atomic mass is 9.94. The number of nitrogens with zero attached hydrogens (tertiary/aromatic N) is 5. The van der Waals surface area contributed by atoms with Gasteiger partial charge < -0.3 is 15.0 Å². The van der Waals surface area contributed by atoms with E-state index in [1.165, 1.54) is 6.07 Å². The summed E-state index contributed by atoms with van der Waals surface area (Å²) in [5.41, 5.74) is 3.53. The monoisotopic (exact) mass is 476 g/mol. The Hall–Kier alpha value is -3.10. The Labute approximate surface area is 205 Å². The number of piperidine rings is 1. The Morgan fingerprint density at radius 2 is 1.91 bits per heavy atom. The minimum Gasteiger partial charge on any atom is -0.386 e.